The molecule has 2 N–H and O–H groups in total. The third-order valence-corrected chi connectivity index (χ3v) is 5.68. The Bertz CT molecular complexity index is 1640. The quantitative estimate of drug-likeness (QED) is 0.298. The van der Waals surface area contributed by atoms with Crippen molar-refractivity contribution in [2.75, 3.05) is 14.1 Å². The number of alkyl halides is 3. The first-order valence-electron chi connectivity index (χ1n) is 11.6. The summed E-state index contributed by atoms with van der Waals surface area (Å²) in [6.07, 6.45) is -5.02. The largest absolute Gasteiger partial charge is 0.478 e. The van der Waals surface area contributed by atoms with E-state index < -0.39 is 47.0 Å². The second kappa shape index (κ2) is 12.4. The minimum absolute atomic E-state index is 0.0389. The van der Waals surface area contributed by atoms with Gasteiger partial charge in [-0.05, 0) is 61.1 Å². The first kappa shape index (κ1) is 29.7. The van der Waals surface area contributed by atoms with Gasteiger partial charge in [0.25, 0.3) is 5.56 Å². The second-order valence-electron chi connectivity index (χ2n) is 8.52. The van der Waals surface area contributed by atoms with Crippen LogP contribution < -0.4 is 10.9 Å². The molecule has 6 nitrogen and oxygen atoms in total. The summed E-state index contributed by atoms with van der Waals surface area (Å²) < 4.78 is 69.9. The molecule has 0 unspecified atom stereocenters. The number of rotatable bonds is 5. The summed E-state index contributed by atoms with van der Waals surface area (Å²) >= 11 is 0. The Hall–Kier alpha value is -4.82. The molecule has 0 aliphatic rings. The number of nitrogens with one attached hydrogen (secondary N) is 1. The number of carboxylic acids is 1. The Morgan fingerprint density at radius 3 is 2.12 bits per heavy atom. The summed E-state index contributed by atoms with van der Waals surface area (Å²) in [6.45, 7) is -0.565. The van der Waals surface area contributed by atoms with E-state index in [1.807, 2.05) is 14.1 Å². The molecule has 0 spiro atoms. The van der Waals surface area contributed by atoms with Crippen LogP contribution in [-0.2, 0) is 12.7 Å². The number of hydrogen-bond donors (Lipinski definition) is 2. The highest BCUT2D eigenvalue weighted by molar-refractivity contribution is 5.88. The summed E-state index contributed by atoms with van der Waals surface area (Å²) in [7, 11) is 3.75. The molecule has 0 atom stereocenters. The van der Waals surface area contributed by atoms with Gasteiger partial charge in [-0.1, -0.05) is 36.4 Å². The monoisotopic (exact) mass is 555 g/mol. The normalized spacial score (nSPS) is 10.8. The lowest BCUT2D eigenvalue weighted by Gasteiger charge is -2.18. The Balaban J connectivity index is 0.00000141. The van der Waals surface area contributed by atoms with E-state index in [1.54, 1.807) is 6.07 Å². The fraction of sp³-hybridized carbons (Fsp3) is 0.138. The first-order valence-corrected chi connectivity index (χ1v) is 11.6. The van der Waals surface area contributed by atoms with Crippen LogP contribution in [0.25, 0.3) is 22.4 Å². The number of halogens is 5. The van der Waals surface area contributed by atoms with Crippen LogP contribution in [0.4, 0.5) is 22.0 Å². The maximum absolute atomic E-state index is 14.4. The van der Waals surface area contributed by atoms with E-state index in [0.29, 0.717) is 23.3 Å². The number of carboxylic acid groups (broad SMARTS) is 1. The van der Waals surface area contributed by atoms with Crippen molar-refractivity contribution in [3.05, 3.63) is 117 Å². The van der Waals surface area contributed by atoms with Crippen LogP contribution in [0.15, 0.2) is 77.6 Å². The number of benzene rings is 3. The molecule has 0 fully saturated rings. The molecule has 1 heterocycles. The summed E-state index contributed by atoms with van der Waals surface area (Å²) in [5.41, 5.74) is -3.06. The Morgan fingerprint density at radius 1 is 0.950 bits per heavy atom. The Labute approximate surface area is 225 Å². The van der Waals surface area contributed by atoms with Gasteiger partial charge in [0.05, 0.1) is 23.4 Å². The molecule has 3 aromatic carbocycles. The zero-order valence-corrected chi connectivity index (χ0v) is 21.2. The Morgan fingerprint density at radius 2 is 1.57 bits per heavy atom. The molecular formula is C29H22F5N3O3. The zero-order chi connectivity index (χ0) is 29.6. The number of aromatic nitrogens is 1. The molecule has 0 bridgehead atoms. The van der Waals surface area contributed by atoms with Crippen molar-refractivity contribution in [2.45, 2.75) is 12.7 Å². The average molecular weight is 556 g/mol. The third kappa shape index (κ3) is 6.59. The molecule has 1 aromatic heterocycles. The van der Waals surface area contributed by atoms with Gasteiger partial charge in [0.2, 0.25) is 0 Å². The third-order valence-electron chi connectivity index (χ3n) is 5.68. The van der Waals surface area contributed by atoms with Crippen molar-refractivity contribution in [3.63, 3.8) is 0 Å². The molecular weight excluding hydrogens is 533 g/mol. The summed E-state index contributed by atoms with van der Waals surface area (Å²) in [5, 5.41) is 21.2. The van der Waals surface area contributed by atoms with Gasteiger partial charge in [-0.3, -0.25) is 4.79 Å². The van der Waals surface area contributed by atoms with Crippen LogP contribution in [0.2, 0.25) is 0 Å². The van der Waals surface area contributed by atoms with Crippen LogP contribution in [0.3, 0.4) is 0 Å². The molecule has 40 heavy (non-hydrogen) atoms. The van der Waals surface area contributed by atoms with Crippen LogP contribution in [0.5, 0.6) is 0 Å². The van der Waals surface area contributed by atoms with Crippen molar-refractivity contribution in [1.29, 1.82) is 5.26 Å². The Kier molecular flexibility index (Phi) is 9.19. The number of aromatic carboxylic acids is 1. The first-order chi connectivity index (χ1) is 18.9. The van der Waals surface area contributed by atoms with Gasteiger partial charge in [0, 0.05) is 11.6 Å². The molecule has 0 amide bonds. The molecule has 0 aliphatic heterocycles. The topological polar surface area (TPSA) is 95.1 Å². The van der Waals surface area contributed by atoms with E-state index in [2.05, 4.69) is 5.32 Å². The smallest absolute Gasteiger partial charge is 0.417 e. The molecule has 0 saturated carbocycles. The summed E-state index contributed by atoms with van der Waals surface area (Å²) in [4.78, 5) is 24.2. The van der Waals surface area contributed by atoms with Crippen LogP contribution in [0, 0.1) is 23.0 Å². The van der Waals surface area contributed by atoms with E-state index in [1.165, 1.54) is 48.5 Å². The lowest BCUT2D eigenvalue weighted by Crippen LogP contribution is -2.29. The fourth-order valence-electron chi connectivity index (χ4n) is 3.86. The SMILES string of the molecule is CNC.N#Cc1c(C(F)(F)F)cc(-c2cccc(-c3ccc(C(=O)O)cc3)c2)n(Cc2ccc(F)cc2F)c1=O. The lowest BCUT2D eigenvalue weighted by atomic mass is 9.98. The van der Waals surface area contributed by atoms with Crippen LogP contribution in [0.1, 0.15) is 27.0 Å². The van der Waals surface area contributed by atoms with Gasteiger partial charge in [-0.15, -0.1) is 0 Å². The van der Waals surface area contributed by atoms with Gasteiger partial charge in [0.15, 0.2) is 0 Å². The minimum atomic E-state index is -5.02. The van der Waals surface area contributed by atoms with Gasteiger partial charge in [0.1, 0.15) is 23.3 Å². The number of pyridine rings is 1. The highest BCUT2D eigenvalue weighted by atomic mass is 19.4. The standard InChI is InChI=1S/C27H15F5N2O3.C2H7N/c28-20-9-8-19(23(29)11-20)14-34-24(12-22(27(30,31)32)21(13-33)25(34)35)18-3-1-2-17(10-18)15-4-6-16(7-5-15)26(36)37;1-3-2/h1-12H,14H2,(H,36,37);3H,1-2H3. The van der Waals surface area contributed by atoms with Crippen molar-refractivity contribution in [2.24, 2.45) is 0 Å². The van der Waals surface area contributed by atoms with E-state index in [9.17, 15) is 36.8 Å². The zero-order valence-electron chi connectivity index (χ0n) is 21.2. The minimum Gasteiger partial charge on any atom is -0.478 e. The summed E-state index contributed by atoms with van der Waals surface area (Å²) in [5.74, 6) is -3.02. The summed E-state index contributed by atoms with van der Waals surface area (Å²) in [6, 6.07) is 16.4. The molecule has 11 heteroatoms. The van der Waals surface area contributed by atoms with Crippen molar-refractivity contribution in [1.82, 2.24) is 9.88 Å². The number of carbonyl (C=O) groups is 1. The molecule has 4 aromatic rings. The van der Waals surface area contributed by atoms with E-state index in [-0.39, 0.29) is 22.4 Å². The molecule has 0 saturated heterocycles. The highest BCUT2D eigenvalue weighted by Gasteiger charge is 2.36. The highest BCUT2D eigenvalue weighted by Crippen LogP contribution is 2.35. The average Bonchev–Trinajstić information content (AvgIpc) is 2.91. The predicted octanol–water partition coefficient (Wildman–Crippen LogP) is 5.93. The van der Waals surface area contributed by atoms with Crippen LogP contribution in [-0.4, -0.2) is 29.7 Å². The molecule has 0 radical (unpaired) electrons. The second-order valence-corrected chi connectivity index (χ2v) is 8.52. The fourth-order valence-corrected chi connectivity index (χ4v) is 3.86. The number of hydrogen-bond acceptors (Lipinski definition) is 4. The number of nitriles is 1. The molecule has 0 aliphatic carbocycles. The van der Waals surface area contributed by atoms with Crippen molar-refractivity contribution < 1.29 is 31.9 Å². The maximum Gasteiger partial charge on any atom is 0.417 e. The van der Waals surface area contributed by atoms with Gasteiger partial charge in [-0.2, -0.15) is 18.4 Å². The van der Waals surface area contributed by atoms with Crippen molar-refractivity contribution in [3.8, 4) is 28.5 Å². The maximum atomic E-state index is 14.4. The van der Waals surface area contributed by atoms with E-state index in [0.717, 1.165) is 16.7 Å². The van der Waals surface area contributed by atoms with E-state index in [4.69, 9.17) is 5.11 Å². The van der Waals surface area contributed by atoms with Crippen molar-refractivity contribution >= 4 is 5.97 Å². The predicted molar refractivity (Wildman–Crippen MR) is 139 cm³/mol. The molecule has 4 rings (SSSR count). The van der Waals surface area contributed by atoms with Gasteiger partial charge >= 0.3 is 12.1 Å². The number of nitrogens with zero attached hydrogens (tertiary/aromatic N) is 2. The lowest BCUT2D eigenvalue weighted by molar-refractivity contribution is -0.137. The van der Waals surface area contributed by atoms with E-state index >= 15 is 0 Å². The van der Waals surface area contributed by atoms with Crippen LogP contribution >= 0.6 is 0 Å². The van der Waals surface area contributed by atoms with Gasteiger partial charge < -0.3 is 15.0 Å². The molecule has 206 valence electrons. The van der Waals surface area contributed by atoms with Gasteiger partial charge in [-0.25, -0.2) is 13.6 Å².